The Morgan fingerprint density at radius 1 is 1.19 bits per heavy atom. The van der Waals surface area contributed by atoms with Gasteiger partial charge in [0.25, 0.3) is 5.91 Å². The molecule has 2 aromatic rings. The van der Waals surface area contributed by atoms with Crippen molar-refractivity contribution in [3.05, 3.63) is 65.7 Å². The average Bonchev–Trinajstić information content (AvgIpc) is 2.54. The van der Waals surface area contributed by atoms with Gasteiger partial charge in [0.1, 0.15) is 12.4 Å². The highest BCUT2D eigenvalue weighted by Gasteiger charge is 2.11. The molecule has 21 heavy (non-hydrogen) atoms. The van der Waals surface area contributed by atoms with Crippen LogP contribution in [-0.4, -0.2) is 12.5 Å². The first-order valence-corrected chi connectivity index (χ1v) is 6.73. The molecule has 0 saturated heterocycles. The van der Waals surface area contributed by atoms with Crippen LogP contribution < -0.4 is 10.1 Å². The van der Waals surface area contributed by atoms with Gasteiger partial charge in [0.15, 0.2) is 0 Å². The van der Waals surface area contributed by atoms with E-state index < -0.39 is 0 Å². The SMILES string of the molecule is C#CCOc1ccc(C(=O)N[C@H](C)c2ccccc2)cc1. The van der Waals surface area contributed by atoms with E-state index in [0.29, 0.717) is 11.3 Å². The van der Waals surface area contributed by atoms with Crippen molar-refractivity contribution >= 4 is 5.91 Å². The fraction of sp³-hybridized carbons (Fsp3) is 0.167. The van der Waals surface area contributed by atoms with Crippen LogP contribution in [0.3, 0.4) is 0 Å². The lowest BCUT2D eigenvalue weighted by molar-refractivity contribution is 0.0940. The Morgan fingerprint density at radius 3 is 2.48 bits per heavy atom. The fourth-order valence-electron chi connectivity index (χ4n) is 1.93. The van der Waals surface area contributed by atoms with Gasteiger partial charge < -0.3 is 10.1 Å². The highest BCUT2D eigenvalue weighted by molar-refractivity contribution is 5.94. The summed E-state index contributed by atoms with van der Waals surface area (Å²) >= 11 is 0. The summed E-state index contributed by atoms with van der Waals surface area (Å²) in [5.74, 6) is 2.93. The molecule has 0 saturated carbocycles. The minimum absolute atomic E-state index is 0.0453. The van der Waals surface area contributed by atoms with Crippen molar-refractivity contribution in [3.63, 3.8) is 0 Å². The molecule has 0 aliphatic rings. The second kappa shape index (κ2) is 7.16. The van der Waals surface area contributed by atoms with Crippen molar-refractivity contribution in [1.29, 1.82) is 0 Å². The normalized spacial score (nSPS) is 11.2. The standard InChI is InChI=1S/C18H17NO2/c1-3-13-21-17-11-9-16(10-12-17)18(20)19-14(2)15-7-5-4-6-8-15/h1,4-12,14H,13H2,2H3,(H,19,20)/t14-/m1/s1. The van der Waals surface area contributed by atoms with Crippen molar-refractivity contribution in [3.8, 4) is 18.1 Å². The molecule has 2 aromatic carbocycles. The average molecular weight is 279 g/mol. The van der Waals surface area contributed by atoms with Crippen molar-refractivity contribution in [1.82, 2.24) is 5.32 Å². The number of nitrogens with one attached hydrogen (secondary N) is 1. The van der Waals surface area contributed by atoms with Gasteiger partial charge in [0.2, 0.25) is 0 Å². The molecule has 3 nitrogen and oxygen atoms in total. The zero-order chi connectivity index (χ0) is 15.1. The van der Waals surface area contributed by atoms with Gasteiger partial charge in [-0.2, -0.15) is 0 Å². The smallest absolute Gasteiger partial charge is 0.251 e. The lowest BCUT2D eigenvalue weighted by Crippen LogP contribution is -2.26. The Hall–Kier alpha value is -2.73. The Bertz CT molecular complexity index is 627. The summed E-state index contributed by atoms with van der Waals surface area (Å²) in [6.45, 7) is 2.17. The molecule has 3 heteroatoms. The maximum absolute atomic E-state index is 12.2. The quantitative estimate of drug-likeness (QED) is 0.854. The third-order valence-electron chi connectivity index (χ3n) is 3.09. The Kier molecular flexibility index (Phi) is 5.00. The molecule has 0 bridgehead atoms. The number of hydrogen-bond donors (Lipinski definition) is 1. The topological polar surface area (TPSA) is 38.3 Å². The van der Waals surface area contributed by atoms with E-state index in [-0.39, 0.29) is 18.6 Å². The number of carbonyl (C=O) groups is 1. The van der Waals surface area contributed by atoms with Crippen LogP contribution in [-0.2, 0) is 0 Å². The molecule has 0 unspecified atom stereocenters. The molecule has 2 rings (SSSR count). The summed E-state index contributed by atoms with van der Waals surface area (Å²) < 4.78 is 5.27. The minimum Gasteiger partial charge on any atom is -0.481 e. The first-order valence-electron chi connectivity index (χ1n) is 6.73. The molecular formula is C18H17NO2. The van der Waals surface area contributed by atoms with Crippen molar-refractivity contribution in [2.75, 3.05) is 6.61 Å². The molecule has 0 aliphatic heterocycles. The lowest BCUT2D eigenvalue weighted by Gasteiger charge is -2.14. The zero-order valence-corrected chi connectivity index (χ0v) is 11.9. The van der Waals surface area contributed by atoms with Crippen LogP contribution in [0, 0.1) is 12.3 Å². The van der Waals surface area contributed by atoms with E-state index in [4.69, 9.17) is 11.2 Å². The zero-order valence-electron chi connectivity index (χ0n) is 11.9. The van der Waals surface area contributed by atoms with Gasteiger partial charge in [-0.3, -0.25) is 4.79 Å². The van der Waals surface area contributed by atoms with Gasteiger partial charge >= 0.3 is 0 Å². The van der Waals surface area contributed by atoms with E-state index in [2.05, 4.69) is 11.2 Å². The number of amides is 1. The molecule has 0 aromatic heterocycles. The number of terminal acetylenes is 1. The summed E-state index contributed by atoms with van der Waals surface area (Å²) in [5, 5.41) is 2.96. The molecule has 0 radical (unpaired) electrons. The van der Waals surface area contributed by atoms with Crippen LogP contribution >= 0.6 is 0 Å². The first-order chi connectivity index (χ1) is 10.2. The van der Waals surface area contributed by atoms with Crippen LogP contribution in [0.2, 0.25) is 0 Å². The third-order valence-corrected chi connectivity index (χ3v) is 3.09. The first kappa shape index (κ1) is 14.7. The second-order valence-corrected chi connectivity index (χ2v) is 4.62. The van der Waals surface area contributed by atoms with Crippen molar-refractivity contribution in [2.24, 2.45) is 0 Å². The van der Waals surface area contributed by atoms with E-state index in [1.165, 1.54) is 0 Å². The number of rotatable bonds is 5. The largest absolute Gasteiger partial charge is 0.481 e. The van der Waals surface area contributed by atoms with Gasteiger partial charge in [0, 0.05) is 5.56 Å². The van der Waals surface area contributed by atoms with Gasteiger partial charge in [-0.05, 0) is 36.8 Å². The maximum atomic E-state index is 12.2. The molecule has 0 spiro atoms. The van der Waals surface area contributed by atoms with E-state index in [0.717, 1.165) is 5.56 Å². The summed E-state index contributed by atoms with van der Waals surface area (Å²) in [6, 6.07) is 16.7. The fourth-order valence-corrected chi connectivity index (χ4v) is 1.93. The Labute approximate surface area is 125 Å². The lowest BCUT2D eigenvalue weighted by atomic mass is 10.1. The molecule has 1 atom stereocenters. The Balaban J connectivity index is 1.99. The van der Waals surface area contributed by atoms with Crippen LogP contribution in [0.1, 0.15) is 28.9 Å². The van der Waals surface area contributed by atoms with Crippen LogP contribution in [0.15, 0.2) is 54.6 Å². The molecule has 0 fully saturated rings. The van der Waals surface area contributed by atoms with E-state index in [1.54, 1.807) is 24.3 Å². The van der Waals surface area contributed by atoms with E-state index in [9.17, 15) is 4.79 Å². The molecule has 1 N–H and O–H groups in total. The number of hydrogen-bond acceptors (Lipinski definition) is 2. The molecule has 106 valence electrons. The highest BCUT2D eigenvalue weighted by Crippen LogP contribution is 2.15. The van der Waals surface area contributed by atoms with Crippen molar-refractivity contribution < 1.29 is 9.53 Å². The van der Waals surface area contributed by atoms with Crippen LogP contribution in [0.5, 0.6) is 5.75 Å². The maximum Gasteiger partial charge on any atom is 0.251 e. The summed E-state index contributed by atoms with van der Waals surface area (Å²) in [7, 11) is 0. The number of carbonyl (C=O) groups excluding carboxylic acids is 1. The predicted octanol–water partition coefficient (Wildman–Crippen LogP) is 3.19. The minimum atomic E-state index is -0.116. The van der Waals surface area contributed by atoms with Gasteiger partial charge in [-0.25, -0.2) is 0 Å². The Morgan fingerprint density at radius 2 is 1.86 bits per heavy atom. The number of benzene rings is 2. The summed E-state index contributed by atoms with van der Waals surface area (Å²) in [5.41, 5.74) is 1.66. The highest BCUT2D eigenvalue weighted by atomic mass is 16.5. The molecule has 0 aliphatic carbocycles. The van der Waals surface area contributed by atoms with E-state index >= 15 is 0 Å². The molecule has 1 amide bonds. The third kappa shape index (κ3) is 4.12. The van der Waals surface area contributed by atoms with Crippen molar-refractivity contribution in [2.45, 2.75) is 13.0 Å². The van der Waals surface area contributed by atoms with Crippen LogP contribution in [0.4, 0.5) is 0 Å². The molecular weight excluding hydrogens is 262 g/mol. The van der Waals surface area contributed by atoms with E-state index in [1.807, 2.05) is 37.3 Å². The van der Waals surface area contributed by atoms with Gasteiger partial charge in [0.05, 0.1) is 6.04 Å². The van der Waals surface area contributed by atoms with Gasteiger partial charge in [-0.15, -0.1) is 6.42 Å². The number of ether oxygens (including phenoxy) is 1. The summed E-state index contributed by atoms with van der Waals surface area (Å²) in [6.07, 6.45) is 5.13. The molecule has 0 heterocycles. The van der Waals surface area contributed by atoms with Gasteiger partial charge in [-0.1, -0.05) is 36.3 Å². The van der Waals surface area contributed by atoms with Crippen LogP contribution in [0.25, 0.3) is 0 Å². The monoisotopic (exact) mass is 279 g/mol. The second-order valence-electron chi connectivity index (χ2n) is 4.62. The summed E-state index contributed by atoms with van der Waals surface area (Å²) in [4.78, 5) is 12.2. The predicted molar refractivity (Wildman–Crippen MR) is 83.1 cm³/mol.